The summed E-state index contributed by atoms with van der Waals surface area (Å²) in [5.74, 6) is -1.27. The second-order valence-electron chi connectivity index (χ2n) is 4.22. The fraction of sp³-hybridized carbons (Fsp3) is 0.385. The van der Waals surface area contributed by atoms with E-state index in [9.17, 15) is 9.59 Å². The average Bonchev–Trinajstić information content (AvgIpc) is 2.34. The summed E-state index contributed by atoms with van der Waals surface area (Å²) >= 11 is 0. The summed E-state index contributed by atoms with van der Waals surface area (Å²) in [6, 6.07) is 5.57. The molecule has 0 heterocycles. The number of hydrogen-bond acceptors (Lipinski definition) is 4. The molecule has 104 valence electrons. The van der Waals surface area contributed by atoms with Crippen LogP contribution in [0.25, 0.3) is 0 Å². The van der Waals surface area contributed by atoms with Gasteiger partial charge in [0.2, 0.25) is 0 Å². The lowest BCUT2D eigenvalue weighted by molar-refractivity contribution is -0.146. The van der Waals surface area contributed by atoms with Crippen LogP contribution in [0.3, 0.4) is 0 Å². The summed E-state index contributed by atoms with van der Waals surface area (Å²) in [5, 5.41) is 19.7. The molecule has 1 amide bonds. The van der Waals surface area contributed by atoms with Gasteiger partial charge in [0.1, 0.15) is 5.75 Å². The van der Waals surface area contributed by atoms with Gasteiger partial charge in [-0.15, -0.1) is 0 Å². The van der Waals surface area contributed by atoms with Crippen LogP contribution in [0.15, 0.2) is 18.2 Å². The standard InChI is InChI=1S/C13H17NO5/c1-8-3-4-11(9(2)5-8)19-7-12(16)14-6-10(15)13(17)18/h3-5,10,15H,6-7H2,1-2H3,(H,14,16)(H,17,18). The SMILES string of the molecule is Cc1ccc(OCC(=O)NCC(O)C(=O)O)c(C)c1. The molecule has 0 radical (unpaired) electrons. The van der Waals surface area contributed by atoms with Crippen LogP contribution >= 0.6 is 0 Å². The molecular weight excluding hydrogens is 250 g/mol. The Morgan fingerprint density at radius 2 is 2.05 bits per heavy atom. The lowest BCUT2D eigenvalue weighted by Gasteiger charge is -2.11. The zero-order valence-corrected chi connectivity index (χ0v) is 10.8. The van der Waals surface area contributed by atoms with Gasteiger partial charge in [-0.2, -0.15) is 0 Å². The number of hydrogen-bond donors (Lipinski definition) is 3. The molecule has 0 saturated heterocycles. The van der Waals surface area contributed by atoms with Crippen LogP contribution in [0.5, 0.6) is 5.75 Å². The summed E-state index contributed by atoms with van der Waals surface area (Å²) in [6.07, 6.45) is -1.61. The zero-order chi connectivity index (χ0) is 14.4. The Balaban J connectivity index is 2.40. The van der Waals surface area contributed by atoms with Gasteiger partial charge in [0, 0.05) is 0 Å². The lowest BCUT2D eigenvalue weighted by Crippen LogP contribution is -2.38. The quantitative estimate of drug-likeness (QED) is 0.686. The van der Waals surface area contributed by atoms with Crippen LogP contribution in [0.4, 0.5) is 0 Å². The molecule has 19 heavy (non-hydrogen) atoms. The summed E-state index contributed by atoms with van der Waals surface area (Å²) in [7, 11) is 0. The summed E-state index contributed by atoms with van der Waals surface area (Å²) in [4.78, 5) is 21.7. The molecule has 3 N–H and O–H groups in total. The highest BCUT2D eigenvalue weighted by Crippen LogP contribution is 2.18. The molecule has 6 nitrogen and oxygen atoms in total. The van der Waals surface area contributed by atoms with Gasteiger partial charge >= 0.3 is 5.97 Å². The van der Waals surface area contributed by atoms with E-state index >= 15 is 0 Å². The van der Waals surface area contributed by atoms with Crippen molar-refractivity contribution in [2.75, 3.05) is 13.2 Å². The van der Waals surface area contributed by atoms with Crippen molar-refractivity contribution in [2.45, 2.75) is 20.0 Å². The Labute approximate surface area is 111 Å². The molecule has 0 aliphatic heterocycles. The molecule has 0 aliphatic rings. The van der Waals surface area contributed by atoms with Crippen LogP contribution in [0.1, 0.15) is 11.1 Å². The minimum absolute atomic E-state index is 0.226. The van der Waals surface area contributed by atoms with E-state index < -0.39 is 18.0 Å². The maximum absolute atomic E-state index is 11.4. The Morgan fingerprint density at radius 3 is 2.63 bits per heavy atom. The number of carbonyl (C=O) groups excluding carboxylic acids is 1. The first kappa shape index (κ1) is 15.0. The van der Waals surface area contributed by atoms with Crippen LogP contribution in [0, 0.1) is 13.8 Å². The number of carboxylic acids is 1. The zero-order valence-electron chi connectivity index (χ0n) is 10.8. The number of carboxylic acid groups (broad SMARTS) is 1. The van der Waals surface area contributed by atoms with Crippen LogP contribution in [-0.4, -0.2) is 41.3 Å². The molecule has 6 heteroatoms. The fourth-order valence-corrected chi connectivity index (χ4v) is 1.45. The Bertz CT molecular complexity index is 472. The first-order chi connectivity index (χ1) is 8.90. The third kappa shape index (κ3) is 4.97. The third-order valence-electron chi connectivity index (χ3n) is 2.47. The maximum Gasteiger partial charge on any atom is 0.334 e. The predicted molar refractivity (Wildman–Crippen MR) is 68.1 cm³/mol. The number of ether oxygens (including phenoxy) is 1. The van der Waals surface area contributed by atoms with Crippen molar-refractivity contribution in [1.82, 2.24) is 5.32 Å². The number of nitrogens with one attached hydrogen (secondary N) is 1. The summed E-state index contributed by atoms with van der Waals surface area (Å²) in [6.45, 7) is 3.26. The lowest BCUT2D eigenvalue weighted by atomic mass is 10.1. The number of aryl methyl sites for hydroxylation is 2. The van der Waals surface area contributed by atoms with Gasteiger partial charge in [-0.05, 0) is 25.5 Å². The predicted octanol–water partition coefficient (Wildman–Crippen LogP) is 0.244. The number of benzene rings is 1. The van der Waals surface area contributed by atoms with Crippen molar-refractivity contribution in [1.29, 1.82) is 0 Å². The van der Waals surface area contributed by atoms with E-state index in [0.717, 1.165) is 11.1 Å². The molecule has 0 aromatic heterocycles. The molecule has 1 atom stereocenters. The Kier molecular flexibility index (Phi) is 5.32. The summed E-state index contributed by atoms with van der Waals surface area (Å²) < 4.78 is 5.31. The smallest absolute Gasteiger partial charge is 0.334 e. The highest BCUT2D eigenvalue weighted by atomic mass is 16.5. The van der Waals surface area contributed by atoms with Crippen LogP contribution < -0.4 is 10.1 Å². The number of aliphatic carboxylic acids is 1. The number of amides is 1. The molecule has 0 bridgehead atoms. The molecular formula is C13H17NO5. The Hall–Kier alpha value is -2.08. The molecule has 1 unspecified atom stereocenters. The van der Waals surface area contributed by atoms with Crippen molar-refractivity contribution in [2.24, 2.45) is 0 Å². The second-order valence-corrected chi connectivity index (χ2v) is 4.22. The van der Waals surface area contributed by atoms with Gasteiger partial charge in [0.15, 0.2) is 12.7 Å². The van der Waals surface area contributed by atoms with Crippen molar-refractivity contribution in [3.8, 4) is 5.75 Å². The number of rotatable bonds is 6. The topological polar surface area (TPSA) is 95.9 Å². The van der Waals surface area contributed by atoms with Crippen molar-refractivity contribution in [3.63, 3.8) is 0 Å². The van der Waals surface area contributed by atoms with E-state index in [1.165, 1.54) is 0 Å². The molecule has 0 spiro atoms. The molecule has 1 aromatic carbocycles. The molecule has 0 fully saturated rings. The second kappa shape index (κ2) is 6.75. The first-order valence-electron chi connectivity index (χ1n) is 5.77. The monoisotopic (exact) mass is 267 g/mol. The first-order valence-corrected chi connectivity index (χ1v) is 5.77. The number of aliphatic hydroxyl groups is 1. The van der Waals surface area contributed by atoms with E-state index in [-0.39, 0.29) is 13.2 Å². The Morgan fingerprint density at radius 1 is 1.37 bits per heavy atom. The van der Waals surface area contributed by atoms with E-state index in [1.54, 1.807) is 6.07 Å². The molecule has 1 rings (SSSR count). The molecule has 1 aromatic rings. The fourth-order valence-electron chi connectivity index (χ4n) is 1.45. The highest BCUT2D eigenvalue weighted by molar-refractivity contribution is 5.79. The summed E-state index contributed by atoms with van der Waals surface area (Å²) in [5.41, 5.74) is 2.01. The number of carbonyl (C=O) groups is 2. The van der Waals surface area contributed by atoms with E-state index in [1.807, 2.05) is 26.0 Å². The molecule has 0 aliphatic carbocycles. The van der Waals surface area contributed by atoms with Gasteiger partial charge in [-0.25, -0.2) is 4.79 Å². The van der Waals surface area contributed by atoms with Gasteiger partial charge < -0.3 is 20.3 Å². The third-order valence-corrected chi connectivity index (χ3v) is 2.47. The van der Waals surface area contributed by atoms with Gasteiger partial charge in [0.05, 0.1) is 6.54 Å². The average molecular weight is 267 g/mol. The maximum atomic E-state index is 11.4. The van der Waals surface area contributed by atoms with E-state index in [0.29, 0.717) is 5.75 Å². The largest absolute Gasteiger partial charge is 0.484 e. The minimum atomic E-state index is -1.61. The van der Waals surface area contributed by atoms with Crippen molar-refractivity contribution < 1.29 is 24.5 Å². The highest BCUT2D eigenvalue weighted by Gasteiger charge is 2.14. The normalized spacial score (nSPS) is 11.7. The minimum Gasteiger partial charge on any atom is -0.484 e. The molecule has 0 saturated carbocycles. The van der Waals surface area contributed by atoms with Crippen molar-refractivity contribution >= 4 is 11.9 Å². The van der Waals surface area contributed by atoms with Gasteiger partial charge in [0.25, 0.3) is 5.91 Å². The van der Waals surface area contributed by atoms with E-state index in [2.05, 4.69) is 5.32 Å². The van der Waals surface area contributed by atoms with Crippen LogP contribution in [0.2, 0.25) is 0 Å². The van der Waals surface area contributed by atoms with Crippen LogP contribution in [-0.2, 0) is 9.59 Å². The van der Waals surface area contributed by atoms with E-state index in [4.69, 9.17) is 14.9 Å². The van der Waals surface area contributed by atoms with Gasteiger partial charge in [-0.3, -0.25) is 4.79 Å². The number of aliphatic hydroxyl groups excluding tert-OH is 1. The van der Waals surface area contributed by atoms with Crippen molar-refractivity contribution in [3.05, 3.63) is 29.3 Å². The van der Waals surface area contributed by atoms with Gasteiger partial charge in [-0.1, -0.05) is 17.7 Å².